The van der Waals surface area contributed by atoms with Crippen molar-refractivity contribution in [2.45, 2.75) is 20.3 Å². The summed E-state index contributed by atoms with van der Waals surface area (Å²) in [6.45, 7) is 3.97. The lowest BCUT2D eigenvalue weighted by molar-refractivity contribution is -0.115. The van der Waals surface area contributed by atoms with Gasteiger partial charge < -0.3 is 5.32 Å². The molecule has 122 valence electrons. The average Bonchev–Trinajstić information content (AvgIpc) is 2.90. The van der Waals surface area contributed by atoms with Crippen LogP contribution in [0.5, 0.6) is 0 Å². The number of amides is 1. The molecular formula is C19H17FN2OS. The third kappa shape index (κ3) is 3.86. The number of rotatable bonds is 4. The molecule has 0 fully saturated rings. The Morgan fingerprint density at radius 1 is 1.08 bits per heavy atom. The summed E-state index contributed by atoms with van der Waals surface area (Å²) in [5, 5.41) is 3.71. The maximum absolute atomic E-state index is 12.9. The van der Waals surface area contributed by atoms with Crippen molar-refractivity contribution in [2.24, 2.45) is 0 Å². The number of carbonyl (C=O) groups excluding carboxylic acids is 1. The molecular weight excluding hydrogens is 323 g/mol. The van der Waals surface area contributed by atoms with Gasteiger partial charge in [-0.25, -0.2) is 9.37 Å². The molecule has 0 aliphatic heterocycles. The van der Waals surface area contributed by atoms with Gasteiger partial charge in [0.05, 0.1) is 17.1 Å². The fraction of sp³-hybridized carbons (Fsp3) is 0.158. The summed E-state index contributed by atoms with van der Waals surface area (Å²) in [7, 11) is 0. The third-order valence-electron chi connectivity index (χ3n) is 3.58. The van der Waals surface area contributed by atoms with Crippen molar-refractivity contribution in [1.82, 2.24) is 4.98 Å². The number of hydrogen-bond donors (Lipinski definition) is 1. The Morgan fingerprint density at radius 2 is 1.75 bits per heavy atom. The number of nitrogens with one attached hydrogen (secondary N) is 1. The van der Waals surface area contributed by atoms with Crippen molar-refractivity contribution in [1.29, 1.82) is 0 Å². The van der Waals surface area contributed by atoms with Gasteiger partial charge in [0.1, 0.15) is 5.82 Å². The fourth-order valence-corrected chi connectivity index (χ4v) is 3.37. The minimum absolute atomic E-state index is 0.140. The second-order valence-electron chi connectivity index (χ2n) is 5.60. The Bertz CT molecular complexity index is 854. The Labute approximate surface area is 144 Å². The van der Waals surface area contributed by atoms with Gasteiger partial charge in [-0.3, -0.25) is 4.79 Å². The van der Waals surface area contributed by atoms with Crippen molar-refractivity contribution in [3.63, 3.8) is 0 Å². The highest BCUT2D eigenvalue weighted by molar-refractivity contribution is 7.12. The van der Waals surface area contributed by atoms with Gasteiger partial charge in [0.15, 0.2) is 0 Å². The lowest BCUT2D eigenvalue weighted by Crippen LogP contribution is -2.14. The van der Waals surface area contributed by atoms with Gasteiger partial charge in [-0.15, -0.1) is 11.3 Å². The summed E-state index contributed by atoms with van der Waals surface area (Å²) < 4.78 is 12.9. The molecule has 0 aliphatic carbocycles. The highest BCUT2D eigenvalue weighted by atomic mass is 32.1. The normalized spacial score (nSPS) is 10.6. The molecule has 0 saturated heterocycles. The second-order valence-corrected chi connectivity index (χ2v) is 6.89. The van der Waals surface area contributed by atoms with Crippen LogP contribution in [0.1, 0.15) is 15.4 Å². The van der Waals surface area contributed by atoms with Gasteiger partial charge in [0.2, 0.25) is 5.91 Å². The second kappa shape index (κ2) is 6.93. The van der Waals surface area contributed by atoms with Gasteiger partial charge in [-0.2, -0.15) is 0 Å². The maximum atomic E-state index is 12.9. The molecule has 0 radical (unpaired) electrons. The Hall–Kier alpha value is -2.53. The zero-order valence-electron chi connectivity index (χ0n) is 13.5. The zero-order chi connectivity index (χ0) is 17.1. The van der Waals surface area contributed by atoms with E-state index in [0.29, 0.717) is 5.69 Å². The van der Waals surface area contributed by atoms with Crippen LogP contribution in [0.4, 0.5) is 10.1 Å². The van der Waals surface area contributed by atoms with Crippen LogP contribution in [-0.4, -0.2) is 10.9 Å². The number of benzene rings is 2. The van der Waals surface area contributed by atoms with E-state index in [2.05, 4.69) is 10.3 Å². The Balaban J connectivity index is 1.78. The number of thiazole rings is 1. The van der Waals surface area contributed by atoms with Crippen LogP contribution in [0, 0.1) is 19.7 Å². The number of anilines is 1. The van der Waals surface area contributed by atoms with Crippen LogP contribution in [0.2, 0.25) is 0 Å². The van der Waals surface area contributed by atoms with E-state index in [0.717, 1.165) is 21.1 Å². The number of aryl methyl sites for hydroxylation is 2. The molecule has 1 amide bonds. The molecule has 3 aromatic rings. The summed E-state index contributed by atoms with van der Waals surface area (Å²) in [6, 6.07) is 13.8. The van der Waals surface area contributed by atoms with Crippen molar-refractivity contribution in [3.05, 3.63) is 69.8 Å². The Kier molecular flexibility index (Phi) is 4.71. The molecule has 2 aromatic carbocycles. The molecule has 0 saturated carbocycles. The molecule has 1 N–H and O–H groups in total. The highest BCUT2D eigenvalue weighted by Gasteiger charge is 2.15. The highest BCUT2D eigenvalue weighted by Crippen LogP contribution is 2.29. The first-order valence-electron chi connectivity index (χ1n) is 7.60. The van der Waals surface area contributed by atoms with Crippen molar-refractivity contribution in [2.75, 3.05) is 5.32 Å². The predicted molar refractivity (Wildman–Crippen MR) is 95.8 cm³/mol. The third-order valence-corrected chi connectivity index (χ3v) is 4.55. The molecule has 0 bridgehead atoms. The standard InChI is InChI=1S/C19H17FN2OS/c1-12-3-5-14(6-4-12)19-17(24-13(2)21-19)11-18(23)22-16-9-7-15(20)8-10-16/h3-10H,11H2,1-2H3,(H,22,23). The van der Waals surface area contributed by atoms with E-state index in [9.17, 15) is 9.18 Å². The lowest BCUT2D eigenvalue weighted by atomic mass is 10.1. The minimum Gasteiger partial charge on any atom is -0.326 e. The first-order chi connectivity index (χ1) is 11.5. The fourth-order valence-electron chi connectivity index (χ4n) is 2.41. The van der Waals surface area contributed by atoms with Crippen LogP contribution < -0.4 is 5.32 Å². The van der Waals surface area contributed by atoms with E-state index in [4.69, 9.17) is 0 Å². The minimum atomic E-state index is -0.326. The van der Waals surface area contributed by atoms with Gasteiger partial charge >= 0.3 is 0 Å². The van der Waals surface area contributed by atoms with Gasteiger partial charge in [0.25, 0.3) is 0 Å². The summed E-state index contributed by atoms with van der Waals surface area (Å²) in [4.78, 5) is 17.8. The molecule has 1 heterocycles. The lowest BCUT2D eigenvalue weighted by Gasteiger charge is -2.06. The van der Waals surface area contributed by atoms with Crippen LogP contribution in [-0.2, 0) is 11.2 Å². The van der Waals surface area contributed by atoms with Crippen LogP contribution in [0.25, 0.3) is 11.3 Å². The van der Waals surface area contributed by atoms with Gasteiger partial charge in [-0.1, -0.05) is 29.8 Å². The van der Waals surface area contributed by atoms with Crippen LogP contribution in [0.15, 0.2) is 48.5 Å². The SMILES string of the molecule is Cc1ccc(-c2nc(C)sc2CC(=O)Nc2ccc(F)cc2)cc1. The largest absolute Gasteiger partial charge is 0.326 e. The van der Waals surface area contributed by atoms with Crippen molar-refractivity contribution >= 4 is 22.9 Å². The molecule has 3 nitrogen and oxygen atoms in total. The molecule has 3 rings (SSSR count). The number of nitrogens with zero attached hydrogens (tertiary/aromatic N) is 1. The van der Waals surface area contributed by atoms with E-state index in [1.54, 1.807) is 12.1 Å². The van der Waals surface area contributed by atoms with E-state index in [-0.39, 0.29) is 18.1 Å². The van der Waals surface area contributed by atoms with E-state index >= 15 is 0 Å². The molecule has 5 heteroatoms. The first-order valence-corrected chi connectivity index (χ1v) is 8.41. The van der Waals surface area contributed by atoms with Crippen molar-refractivity contribution < 1.29 is 9.18 Å². The quantitative estimate of drug-likeness (QED) is 0.745. The topological polar surface area (TPSA) is 42.0 Å². The number of aromatic nitrogens is 1. The first kappa shape index (κ1) is 16.3. The van der Waals surface area contributed by atoms with Gasteiger partial charge in [-0.05, 0) is 38.1 Å². The molecule has 1 aromatic heterocycles. The summed E-state index contributed by atoms with van der Waals surface area (Å²) >= 11 is 1.52. The van der Waals surface area contributed by atoms with E-state index in [1.807, 2.05) is 38.1 Å². The molecule has 0 aliphatic rings. The molecule has 24 heavy (non-hydrogen) atoms. The summed E-state index contributed by atoms with van der Waals surface area (Å²) in [5.41, 5.74) is 3.63. The molecule has 0 atom stereocenters. The van der Waals surface area contributed by atoms with Crippen LogP contribution >= 0.6 is 11.3 Å². The molecule has 0 spiro atoms. The average molecular weight is 340 g/mol. The molecule has 0 unspecified atom stereocenters. The van der Waals surface area contributed by atoms with E-state index < -0.39 is 0 Å². The zero-order valence-corrected chi connectivity index (χ0v) is 14.3. The summed E-state index contributed by atoms with van der Waals surface area (Å²) in [5.74, 6) is -0.466. The predicted octanol–water partition coefficient (Wildman–Crippen LogP) is 4.75. The number of halogens is 1. The Morgan fingerprint density at radius 3 is 2.42 bits per heavy atom. The summed E-state index contributed by atoms with van der Waals surface area (Å²) in [6.07, 6.45) is 0.242. The van der Waals surface area contributed by atoms with Crippen molar-refractivity contribution in [3.8, 4) is 11.3 Å². The smallest absolute Gasteiger partial charge is 0.229 e. The van der Waals surface area contributed by atoms with Gasteiger partial charge in [0, 0.05) is 16.1 Å². The maximum Gasteiger partial charge on any atom is 0.229 e. The van der Waals surface area contributed by atoms with E-state index in [1.165, 1.54) is 29.0 Å². The van der Waals surface area contributed by atoms with Crippen LogP contribution in [0.3, 0.4) is 0 Å². The number of hydrogen-bond acceptors (Lipinski definition) is 3. The number of carbonyl (C=O) groups is 1. The monoisotopic (exact) mass is 340 g/mol.